The number of rotatable bonds is 5. The van der Waals surface area contributed by atoms with E-state index in [-0.39, 0.29) is 0 Å². The molecule has 0 saturated heterocycles. The number of hydrogen-bond acceptors (Lipinski definition) is 1. The van der Waals surface area contributed by atoms with E-state index in [0.29, 0.717) is 23.0 Å². The highest BCUT2D eigenvalue weighted by Crippen LogP contribution is 2.40. The molecule has 1 nitrogen and oxygen atoms in total. The molecule has 1 atom stereocenters. The smallest absolute Gasteiger partial charge is 0.146 e. The van der Waals surface area contributed by atoms with E-state index in [1.165, 1.54) is 19.9 Å². The Morgan fingerprint density at radius 2 is 1.50 bits per heavy atom. The molecule has 0 saturated carbocycles. The zero-order valence-electron chi connectivity index (χ0n) is 16.8. The first-order valence-corrected chi connectivity index (χ1v) is 12.9. The maximum absolute atomic E-state index is 10.7. The van der Waals surface area contributed by atoms with E-state index < -0.39 is 14.2 Å². The molecule has 1 N–H and O–H groups in total. The lowest BCUT2D eigenvalue weighted by molar-refractivity contribution is 0.233. The van der Waals surface area contributed by atoms with Crippen LogP contribution < -0.4 is 0 Å². The first-order chi connectivity index (χ1) is 12.2. The van der Waals surface area contributed by atoms with Gasteiger partial charge in [0.15, 0.2) is 0 Å². The van der Waals surface area contributed by atoms with Gasteiger partial charge < -0.3 is 5.11 Å². The van der Waals surface area contributed by atoms with Gasteiger partial charge >= 0.3 is 0 Å². The molecule has 0 fully saturated rings. The molecular formula is C23H31IOSi. The zero-order valence-corrected chi connectivity index (χ0v) is 20.0. The van der Waals surface area contributed by atoms with Crippen LogP contribution in [0.4, 0.5) is 0 Å². The second-order valence-electron chi connectivity index (χ2n) is 8.15. The summed E-state index contributed by atoms with van der Waals surface area (Å²) >= 11 is 2.40. The van der Waals surface area contributed by atoms with Gasteiger partial charge in [0.25, 0.3) is 0 Å². The third kappa shape index (κ3) is 4.35. The Morgan fingerprint density at radius 1 is 0.923 bits per heavy atom. The maximum atomic E-state index is 10.7. The highest BCUT2D eigenvalue weighted by molar-refractivity contribution is 14.1. The molecular weight excluding hydrogens is 447 g/mol. The minimum Gasteiger partial charge on any atom is -0.380 e. The van der Waals surface area contributed by atoms with Crippen molar-refractivity contribution in [1.82, 2.24) is 0 Å². The standard InChI is InChI=1S/C23H31IOSi/c1-16(2)26(17(3)4,18(5)6)14-13-21(25)15-20-12-11-19-9-7-8-10-22(19)23(20)24/h7-12,16-18,21,25H,15H2,1-6H3/t21-/m0/s1. The summed E-state index contributed by atoms with van der Waals surface area (Å²) in [5.41, 5.74) is 6.58. The summed E-state index contributed by atoms with van der Waals surface area (Å²) in [5, 5.41) is 13.1. The molecule has 26 heavy (non-hydrogen) atoms. The molecule has 2 aromatic rings. The summed E-state index contributed by atoms with van der Waals surface area (Å²) in [4.78, 5) is 0. The molecule has 0 spiro atoms. The molecule has 0 bridgehead atoms. The number of fused-ring (bicyclic) bond motifs is 1. The zero-order chi connectivity index (χ0) is 19.5. The van der Waals surface area contributed by atoms with Crippen LogP contribution in [0.15, 0.2) is 36.4 Å². The SMILES string of the molecule is CC(C)[Si](C#C[C@H](O)Cc1ccc2ccccc2c1I)(C(C)C)C(C)C. The monoisotopic (exact) mass is 478 g/mol. The van der Waals surface area contributed by atoms with E-state index in [1.54, 1.807) is 0 Å². The van der Waals surface area contributed by atoms with Gasteiger partial charge in [0.05, 0.1) is 0 Å². The number of halogens is 1. The minimum atomic E-state index is -1.79. The largest absolute Gasteiger partial charge is 0.380 e. The van der Waals surface area contributed by atoms with E-state index in [1.807, 2.05) is 0 Å². The molecule has 0 heterocycles. The molecule has 0 amide bonds. The van der Waals surface area contributed by atoms with Crippen LogP contribution in [0.2, 0.25) is 16.6 Å². The van der Waals surface area contributed by atoms with Gasteiger partial charge in [-0.2, -0.15) is 0 Å². The van der Waals surface area contributed by atoms with Crippen LogP contribution in [-0.4, -0.2) is 19.3 Å². The number of hydrogen-bond donors (Lipinski definition) is 1. The minimum absolute atomic E-state index is 0.586. The first-order valence-electron chi connectivity index (χ1n) is 9.57. The Balaban J connectivity index is 2.30. The van der Waals surface area contributed by atoms with Gasteiger partial charge in [-0.1, -0.05) is 83.9 Å². The van der Waals surface area contributed by atoms with E-state index in [4.69, 9.17) is 0 Å². The van der Waals surface area contributed by atoms with Gasteiger partial charge in [0.1, 0.15) is 14.2 Å². The Labute approximate surface area is 173 Å². The normalized spacial score (nSPS) is 13.3. The van der Waals surface area contributed by atoms with Gasteiger partial charge in [-0.25, -0.2) is 0 Å². The Morgan fingerprint density at radius 3 is 2.08 bits per heavy atom. The molecule has 0 aliphatic carbocycles. The summed E-state index contributed by atoms with van der Waals surface area (Å²) in [6.45, 7) is 13.8. The lowest BCUT2D eigenvalue weighted by atomic mass is 10.0. The molecule has 2 aromatic carbocycles. The van der Waals surface area contributed by atoms with Crippen molar-refractivity contribution in [3.8, 4) is 11.5 Å². The number of benzene rings is 2. The second-order valence-corrected chi connectivity index (χ2v) is 14.8. The summed E-state index contributed by atoms with van der Waals surface area (Å²) in [6.07, 6.45) is -0.0117. The van der Waals surface area contributed by atoms with Crippen molar-refractivity contribution in [3.63, 3.8) is 0 Å². The van der Waals surface area contributed by atoms with Gasteiger partial charge in [-0.05, 0) is 55.6 Å². The lowest BCUT2D eigenvalue weighted by Crippen LogP contribution is -2.43. The topological polar surface area (TPSA) is 20.2 Å². The molecule has 0 unspecified atom stereocenters. The summed E-state index contributed by atoms with van der Waals surface area (Å²) in [5.74, 6) is 3.26. The third-order valence-corrected chi connectivity index (χ3v) is 13.3. The van der Waals surface area contributed by atoms with Crippen molar-refractivity contribution in [1.29, 1.82) is 0 Å². The molecule has 2 rings (SSSR count). The highest BCUT2D eigenvalue weighted by atomic mass is 127. The number of aliphatic hydroxyl groups excluding tert-OH is 1. The Bertz CT molecular complexity index is 792. The molecule has 3 heteroatoms. The van der Waals surface area contributed by atoms with E-state index in [2.05, 4.69) is 112 Å². The molecule has 0 aromatic heterocycles. The van der Waals surface area contributed by atoms with Crippen molar-refractivity contribution in [3.05, 3.63) is 45.5 Å². The first kappa shape index (κ1) is 21.5. The van der Waals surface area contributed by atoms with E-state index >= 15 is 0 Å². The molecule has 140 valence electrons. The summed E-state index contributed by atoms with van der Waals surface area (Å²) < 4.78 is 1.22. The quantitative estimate of drug-likeness (QED) is 0.293. The van der Waals surface area contributed by atoms with Crippen LogP contribution in [0, 0.1) is 15.0 Å². The van der Waals surface area contributed by atoms with Crippen molar-refractivity contribution in [2.75, 3.05) is 0 Å². The lowest BCUT2D eigenvalue weighted by Gasteiger charge is -2.38. The van der Waals surface area contributed by atoms with Crippen molar-refractivity contribution >= 4 is 41.4 Å². The third-order valence-electron chi connectivity index (χ3n) is 5.68. The predicted molar refractivity (Wildman–Crippen MR) is 125 cm³/mol. The van der Waals surface area contributed by atoms with Crippen molar-refractivity contribution in [2.45, 2.75) is 70.7 Å². The fraction of sp³-hybridized carbons (Fsp3) is 0.478. The van der Waals surface area contributed by atoms with Gasteiger partial charge in [-0.3, -0.25) is 0 Å². The number of aliphatic hydroxyl groups is 1. The summed E-state index contributed by atoms with van der Waals surface area (Å²) in [6, 6.07) is 12.7. The van der Waals surface area contributed by atoms with Crippen LogP contribution >= 0.6 is 22.6 Å². The van der Waals surface area contributed by atoms with Gasteiger partial charge in [-0.15, -0.1) is 5.54 Å². The predicted octanol–water partition coefficient (Wildman–Crippen LogP) is 6.57. The second kappa shape index (κ2) is 8.90. The molecule has 0 aliphatic heterocycles. The van der Waals surface area contributed by atoms with E-state index in [9.17, 15) is 5.11 Å². The highest BCUT2D eigenvalue weighted by Gasteiger charge is 2.41. The van der Waals surface area contributed by atoms with Crippen molar-refractivity contribution in [2.24, 2.45) is 0 Å². The fourth-order valence-corrected chi connectivity index (χ4v) is 10.5. The van der Waals surface area contributed by atoms with Crippen LogP contribution in [0.5, 0.6) is 0 Å². The Kier molecular flexibility index (Phi) is 7.35. The Hall–Kier alpha value is -0.833. The van der Waals surface area contributed by atoms with Crippen molar-refractivity contribution < 1.29 is 5.11 Å². The van der Waals surface area contributed by atoms with Crippen LogP contribution in [0.25, 0.3) is 10.8 Å². The average Bonchev–Trinajstić information content (AvgIpc) is 2.57. The van der Waals surface area contributed by atoms with Gasteiger partial charge in [0, 0.05) is 9.99 Å². The molecule has 0 radical (unpaired) electrons. The van der Waals surface area contributed by atoms with Gasteiger partial charge in [0.2, 0.25) is 0 Å². The van der Waals surface area contributed by atoms with Crippen LogP contribution in [-0.2, 0) is 6.42 Å². The van der Waals surface area contributed by atoms with Crippen LogP contribution in [0.3, 0.4) is 0 Å². The average molecular weight is 478 g/mol. The summed E-state index contributed by atoms with van der Waals surface area (Å²) in [7, 11) is -1.79. The van der Waals surface area contributed by atoms with Crippen LogP contribution in [0.1, 0.15) is 47.1 Å². The molecule has 0 aliphatic rings. The fourth-order valence-electron chi connectivity index (χ4n) is 4.34. The van der Waals surface area contributed by atoms with E-state index in [0.717, 1.165) is 0 Å². The maximum Gasteiger partial charge on any atom is 0.146 e.